The van der Waals surface area contributed by atoms with Crippen molar-refractivity contribution in [3.8, 4) is 0 Å². The summed E-state index contributed by atoms with van der Waals surface area (Å²) in [4.78, 5) is 12.4. The zero-order valence-electron chi connectivity index (χ0n) is 15.6. The molecule has 1 amide bonds. The Morgan fingerprint density at radius 2 is 1.50 bits per heavy atom. The van der Waals surface area contributed by atoms with Crippen molar-refractivity contribution in [2.45, 2.75) is 19.1 Å². The van der Waals surface area contributed by atoms with E-state index in [2.05, 4.69) is 10.6 Å². The molecular weight excluding hydrogens is 436 g/mol. The number of para-hydroxylation sites is 2. The van der Waals surface area contributed by atoms with E-state index in [1.54, 1.807) is 36.4 Å². The number of hydrogen-bond donors (Lipinski definition) is 2. The van der Waals surface area contributed by atoms with Gasteiger partial charge >= 0.3 is 6.18 Å². The summed E-state index contributed by atoms with van der Waals surface area (Å²) in [6.07, 6.45) is -4.31. The lowest BCUT2D eigenvalue weighted by Crippen LogP contribution is -2.24. The third kappa shape index (κ3) is 5.68. The quantitative estimate of drug-likeness (QED) is 0.441. The van der Waals surface area contributed by atoms with E-state index in [-0.39, 0.29) is 18.9 Å². The van der Waals surface area contributed by atoms with Gasteiger partial charge in [0.05, 0.1) is 27.7 Å². The van der Waals surface area contributed by atoms with Gasteiger partial charge in [0.15, 0.2) is 0 Å². The van der Waals surface area contributed by atoms with E-state index in [0.29, 0.717) is 27.0 Å². The van der Waals surface area contributed by atoms with E-state index in [1.165, 1.54) is 12.1 Å². The highest BCUT2D eigenvalue weighted by atomic mass is 35.5. The van der Waals surface area contributed by atoms with Crippen molar-refractivity contribution in [1.82, 2.24) is 5.32 Å². The number of halogens is 5. The van der Waals surface area contributed by atoms with Crippen molar-refractivity contribution in [2.75, 3.05) is 5.32 Å². The second kappa shape index (κ2) is 9.41. The Bertz CT molecular complexity index is 1020. The summed E-state index contributed by atoms with van der Waals surface area (Å²) in [5.41, 5.74) is 1.79. The predicted molar refractivity (Wildman–Crippen MR) is 113 cm³/mol. The van der Waals surface area contributed by atoms with E-state index in [4.69, 9.17) is 23.2 Å². The van der Waals surface area contributed by atoms with Crippen LogP contribution in [0.5, 0.6) is 0 Å². The van der Waals surface area contributed by atoms with Crippen LogP contribution in [0.2, 0.25) is 10.0 Å². The van der Waals surface area contributed by atoms with Gasteiger partial charge in [0.25, 0.3) is 0 Å². The second-order valence-corrected chi connectivity index (χ2v) is 7.34. The lowest BCUT2D eigenvalue weighted by atomic mass is 10.1. The number of amides is 1. The van der Waals surface area contributed by atoms with Gasteiger partial charge in [-0.2, -0.15) is 13.2 Å². The topological polar surface area (TPSA) is 41.1 Å². The number of nitrogens with one attached hydrogen (secondary N) is 2. The fraction of sp³-hybridized carbons (Fsp3) is 0.136. The highest BCUT2D eigenvalue weighted by Crippen LogP contribution is 2.33. The van der Waals surface area contributed by atoms with Crippen molar-refractivity contribution >= 4 is 40.5 Å². The first-order valence-electron chi connectivity index (χ1n) is 8.96. The fourth-order valence-electron chi connectivity index (χ4n) is 2.80. The first-order valence-corrected chi connectivity index (χ1v) is 9.71. The Morgan fingerprint density at radius 1 is 0.867 bits per heavy atom. The smallest absolute Gasteiger partial charge is 0.353 e. The highest BCUT2D eigenvalue weighted by Gasteiger charge is 2.29. The van der Waals surface area contributed by atoms with Crippen molar-refractivity contribution in [2.24, 2.45) is 0 Å². The molecule has 3 nitrogen and oxygen atoms in total. The van der Waals surface area contributed by atoms with Gasteiger partial charge in [0, 0.05) is 12.2 Å². The molecule has 3 aromatic rings. The number of rotatable bonds is 6. The molecule has 0 aromatic heterocycles. The maximum absolute atomic E-state index is 12.6. The van der Waals surface area contributed by atoms with Crippen molar-refractivity contribution < 1.29 is 18.0 Å². The number of alkyl halides is 3. The van der Waals surface area contributed by atoms with Gasteiger partial charge in [-0.1, -0.05) is 59.6 Å². The Balaban J connectivity index is 1.65. The largest absolute Gasteiger partial charge is 0.416 e. The molecule has 156 valence electrons. The fourth-order valence-corrected chi connectivity index (χ4v) is 3.29. The first kappa shape index (κ1) is 22.0. The van der Waals surface area contributed by atoms with Gasteiger partial charge in [-0.3, -0.25) is 4.79 Å². The molecule has 0 aliphatic rings. The van der Waals surface area contributed by atoms with E-state index in [1.807, 2.05) is 6.07 Å². The average Bonchev–Trinajstić information content (AvgIpc) is 2.70. The van der Waals surface area contributed by atoms with Crippen molar-refractivity contribution in [1.29, 1.82) is 0 Å². The van der Waals surface area contributed by atoms with Crippen LogP contribution in [0, 0.1) is 0 Å². The van der Waals surface area contributed by atoms with Crippen LogP contribution in [0.15, 0.2) is 66.7 Å². The highest BCUT2D eigenvalue weighted by molar-refractivity contribution is 6.39. The molecule has 0 radical (unpaired) electrons. The molecule has 0 aliphatic heterocycles. The minimum absolute atomic E-state index is 0.0753. The molecule has 0 spiro atoms. The third-order valence-electron chi connectivity index (χ3n) is 4.36. The maximum atomic E-state index is 12.6. The van der Waals surface area contributed by atoms with Crippen LogP contribution in [0.4, 0.5) is 24.5 Å². The summed E-state index contributed by atoms with van der Waals surface area (Å²) >= 11 is 12.4. The average molecular weight is 453 g/mol. The van der Waals surface area contributed by atoms with Crippen LogP contribution < -0.4 is 10.6 Å². The Kier molecular flexibility index (Phi) is 6.90. The summed E-state index contributed by atoms with van der Waals surface area (Å²) < 4.78 is 37.9. The predicted octanol–water partition coefficient (Wildman–Crippen LogP) is 6.61. The molecule has 3 rings (SSSR count). The molecule has 0 aliphatic carbocycles. The Labute approximate surface area is 181 Å². The lowest BCUT2D eigenvalue weighted by molar-refractivity contribution is -0.137. The molecule has 0 saturated carbocycles. The molecule has 3 aromatic carbocycles. The van der Waals surface area contributed by atoms with E-state index in [9.17, 15) is 18.0 Å². The second-order valence-electron chi connectivity index (χ2n) is 6.53. The van der Waals surface area contributed by atoms with Crippen LogP contribution in [0.1, 0.15) is 16.7 Å². The molecule has 30 heavy (non-hydrogen) atoms. The van der Waals surface area contributed by atoms with Gasteiger partial charge < -0.3 is 10.6 Å². The van der Waals surface area contributed by atoms with Crippen LogP contribution in [-0.2, 0) is 23.9 Å². The monoisotopic (exact) mass is 452 g/mol. The molecule has 2 N–H and O–H groups in total. The molecule has 8 heteroatoms. The summed E-state index contributed by atoms with van der Waals surface area (Å²) in [6.45, 7) is 0.128. The molecular formula is C22H17Cl2F3N2O. The number of hydrogen-bond acceptors (Lipinski definition) is 2. The number of carbonyl (C=O) groups excluding carboxylic acids is 1. The van der Waals surface area contributed by atoms with E-state index < -0.39 is 11.7 Å². The van der Waals surface area contributed by atoms with E-state index >= 15 is 0 Å². The van der Waals surface area contributed by atoms with Crippen molar-refractivity contribution in [3.63, 3.8) is 0 Å². The van der Waals surface area contributed by atoms with Crippen LogP contribution >= 0.6 is 23.2 Å². The van der Waals surface area contributed by atoms with Gasteiger partial charge in [0.2, 0.25) is 5.91 Å². The Morgan fingerprint density at radius 3 is 2.13 bits per heavy atom. The first-order chi connectivity index (χ1) is 14.2. The molecule has 0 bridgehead atoms. The molecule has 0 saturated heterocycles. The molecule has 0 fully saturated rings. The normalized spacial score (nSPS) is 11.2. The third-order valence-corrected chi connectivity index (χ3v) is 4.99. The molecule has 0 heterocycles. The zero-order chi connectivity index (χ0) is 21.7. The van der Waals surface area contributed by atoms with Gasteiger partial charge in [-0.15, -0.1) is 0 Å². The Hall–Kier alpha value is -2.70. The van der Waals surface area contributed by atoms with Crippen LogP contribution in [0.3, 0.4) is 0 Å². The summed E-state index contributed by atoms with van der Waals surface area (Å²) in [5.74, 6) is -0.269. The van der Waals surface area contributed by atoms with Crippen LogP contribution in [-0.4, -0.2) is 5.91 Å². The lowest BCUT2D eigenvalue weighted by Gasteiger charge is -2.14. The minimum atomic E-state index is -4.39. The zero-order valence-corrected chi connectivity index (χ0v) is 17.1. The summed E-state index contributed by atoms with van der Waals surface area (Å²) in [7, 11) is 0. The summed E-state index contributed by atoms with van der Waals surface area (Å²) in [5, 5.41) is 6.77. The number of carbonyl (C=O) groups is 1. The summed E-state index contributed by atoms with van der Waals surface area (Å²) in [6, 6.07) is 17.0. The standard InChI is InChI=1S/C22H17Cl2F3N2O/c23-17-5-3-6-18(24)21(17)29-19-7-2-1-4-15(19)12-20(30)28-13-14-8-10-16(11-9-14)22(25,26)27/h1-11,29H,12-13H2,(H,28,30). The maximum Gasteiger partial charge on any atom is 0.416 e. The van der Waals surface area contributed by atoms with E-state index in [0.717, 1.165) is 17.7 Å². The number of benzene rings is 3. The molecule has 0 atom stereocenters. The number of anilines is 2. The van der Waals surface area contributed by atoms with Crippen LogP contribution in [0.25, 0.3) is 0 Å². The molecule has 0 unspecified atom stereocenters. The van der Waals surface area contributed by atoms with Gasteiger partial charge in [-0.05, 0) is 41.5 Å². The van der Waals surface area contributed by atoms with Gasteiger partial charge in [-0.25, -0.2) is 0 Å². The van der Waals surface area contributed by atoms with Gasteiger partial charge in [0.1, 0.15) is 0 Å². The SMILES string of the molecule is O=C(Cc1ccccc1Nc1c(Cl)cccc1Cl)NCc1ccc(C(F)(F)F)cc1. The van der Waals surface area contributed by atoms with Crippen molar-refractivity contribution in [3.05, 3.63) is 93.5 Å². The minimum Gasteiger partial charge on any atom is -0.353 e.